The van der Waals surface area contributed by atoms with Crippen LogP contribution in [0, 0.1) is 0 Å². The zero-order valence-corrected chi connectivity index (χ0v) is 8.92. The number of carbonyl (C=O) groups is 1. The van der Waals surface area contributed by atoms with Crippen LogP contribution in [0.3, 0.4) is 0 Å². The number of anilines is 3. The lowest BCUT2D eigenvalue weighted by molar-refractivity contribution is 0.0697. The summed E-state index contributed by atoms with van der Waals surface area (Å²) in [6.07, 6.45) is 1.59. The lowest BCUT2D eigenvalue weighted by Crippen LogP contribution is -1.98. The van der Waals surface area contributed by atoms with Gasteiger partial charge < -0.3 is 16.2 Å². The zero-order valence-electron chi connectivity index (χ0n) is 8.92. The maximum atomic E-state index is 10.8. The van der Waals surface area contributed by atoms with Gasteiger partial charge in [-0.05, 0) is 30.3 Å². The fraction of sp³-hybridized carbons (Fsp3) is 0. The molecule has 0 spiro atoms. The molecule has 0 atom stereocenters. The minimum atomic E-state index is -0.955. The van der Waals surface area contributed by atoms with Crippen molar-refractivity contribution in [1.82, 2.24) is 4.98 Å². The summed E-state index contributed by atoms with van der Waals surface area (Å²) < 4.78 is 0. The first-order valence-corrected chi connectivity index (χ1v) is 4.97. The van der Waals surface area contributed by atoms with E-state index in [9.17, 15) is 4.79 Å². The molecule has 17 heavy (non-hydrogen) atoms. The molecule has 0 aliphatic heterocycles. The van der Waals surface area contributed by atoms with E-state index in [-0.39, 0.29) is 5.56 Å². The molecule has 0 fully saturated rings. The number of aromatic carboxylic acids is 1. The lowest BCUT2D eigenvalue weighted by Gasteiger charge is -2.06. The Morgan fingerprint density at radius 2 is 2.06 bits per heavy atom. The Kier molecular flexibility index (Phi) is 2.91. The molecule has 0 saturated carbocycles. The van der Waals surface area contributed by atoms with E-state index in [1.165, 1.54) is 6.07 Å². The average Bonchev–Trinajstić information content (AvgIpc) is 2.32. The van der Waals surface area contributed by atoms with Crippen LogP contribution in [0.1, 0.15) is 10.4 Å². The molecule has 2 aromatic rings. The molecule has 0 aliphatic carbocycles. The van der Waals surface area contributed by atoms with Gasteiger partial charge in [0.1, 0.15) is 5.82 Å². The first kappa shape index (κ1) is 10.9. The van der Waals surface area contributed by atoms with Crippen molar-refractivity contribution in [1.29, 1.82) is 0 Å². The van der Waals surface area contributed by atoms with Crippen LogP contribution in [-0.4, -0.2) is 16.1 Å². The van der Waals surface area contributed by atoms with E-state index < -0.39 is 5.97 Å². The van der Waals surface area contributed by atoms with Crippen LogP contribution in [-0.2, 0) is 0 Å². The first-order valence-electron chi connectivity index (χ1n) is 4.97. The van der Waals surface area contributed by atoms with Gasteiger partial charge >= 0.3 is 5.97 Å². The van der Waals surface area contributed by atoms with Crippen molar-refractivity contribution in [3.05, 3.63) is 48.2 Å². The molecule has 0 radical (unpaired) electrons. The van der Waals surface area contributed by atoms with Gasteiger partial charge in [-0.15, -0.1) is 0 Å². The molecule has 0 bridgehead atoms. The van der Waals surface area contributed by atoms with Crippen LogP contribution in [0.2, 0.25) is 0 Å². The molecule has 1 aromatic heterocycles. The number of carboxylic acid groups (broad SMARTS) is 1. The molecule has 0 aliphatic rings. The first-order chi connectivity index (χ1) is 8.15. The summed E-state index contributed by atoms with van der Waals surface area (Å²) in [5, 5.41) is 11.9. The topological polar surface area (TPSA) is 88.2 Å². The monoisotopic (exact) mass is 229 g/mol. The van der Waals surface area contributed by atoms with Crippen molar-refractivity contribution in [3.8, 4) is 0 Å². The van der Waals surface area contributed by atoms with Crippen LogP contribution in [0.25, 0.3) is 0 Å². The molecule has 86 valence electrons. The third-order valence-electron chi connectivity index (χ3n) is 2.18. The average molecular weight is 229 g/mol. The Morgan fingerprint density at radius 3 is 2.71 bits per heavy atom. The standard InChI is InChI=1S/C12H11N3O2/c13-11-5-4-10(7-14-11)15-9-3-1-2-8(6-9)12(16)17/h1-7,15H,(H2,13,14)(H,16,17). The number of aromatic nitrogens is 1. The molecular weight excluding hydrogens is 218 g/mol. The zero-order chi connectivity index (χ0) is 12.3. The fourth-order valence-electron chi connectivity index (χ4n) is 1.38. The summed E-state index contributed by atoms with van der Waals surface area (Å²) in [5.41, 5.74) is 7.14. The third-order valence-corrected chi connectivity index (χ3v) is 2.18. The number of benzene rings is 1. The predicted octanol–water partition coefficient (Wildman–Crippen LogP) is 2.11. The summed E-state index contributed by atoms with van der Waals surface area (Å²) in [6.45, 7) is 0. The van der Waals surface area contributed by atoms with E-state index in [1.807, 2.05) is 0 Å². The molecule has 5 nitrogen and oxygen atoms in total. The van der Waals surface area contributed by atoms with Crippen LogP contribution in [0.5, 0.6) is 0 Å². The van der Waals surface area contributed by atoms with Gasteiger partial charge in [0.25, 0.3) is 0 Å². The van der Waals surface area contributed by atoms with E-state index >= 15 is 0 Å². The highest BCUT2D eigenvalue weighted by atomic mass is 16.4. The summed E-state index contributed by atoms with van der Waals surface area (Å²) in [5.74, 6) is -0.515. The number of nitrogen functional groups attached to an aromatic ring is 1. The quantitative estimate of drug-likeness (QED) is 0.750. The summed E-state index contributed by atoms with van der Waals surface area (Å²) in [7, 11) is 0. The molecule has 2 rings (SSSR count). The Hall–Kier alpha value is -2.56. The highest BCUT2D eigenvalue weighted by molar-refractivity contribution is 5.89. The maximum absolute atomic E-state index is 10.8. The minimum absolute atomic E-state index is 0.235. The van der Waals surface area contributed by atoms with Crippen LogP contribution in [0.4, 0.5) is 17.2 Å². The van der Waals surface area contributed by atoms with Crippen molar-refractivity contribution in [3.63, 3.8) is 0 Å². The second kappa shape index (κ2) is 4.52. The summed E-state index contributed by atoms with van der Waals surface area (Å²) in [6, 6.07) is 9.99. The molecular formula is C12H11N3O2. The number of hydrogen-bond acceptors (Lipinski definition) is 4. The van der Waals surface area contributed by atoms with Gasteiger partial charge in [-0.2, -0.15) is 0 Å². The number of nitrogens with zero attached hydrogens (tertiary/aromatic N) is 1. The van der Waals surface area contributed by atoms with Gasteiger partial charge in [0, 0.05) is 5.69 Å². The summed E-state index contributed by atoms with van der Waals surface area (Å²) in [4.78, 5) is 14.7. The molecule has 0 amide bonds. The predicted molar refractivity (Wildman–Crippen MR) is 65.3 cm³/mol. The number of carboxylic acids is 1. The second-order valence-electron chi connectivity index (χ2n) is 3.48. The van der Waals surface area contributed by atoms with E-state index in [0.29, 0.717) is 11.5 Å². The van der Waals surface area contributed by atoms with Crippen molar-refractivity contribution in [2.24, 2.45) is 0 Å². The Morgan fingerprint density at radius 1 is 1.24 bits per heavy atom. The van der Waals surface area contributed by atoms with E-state index in [1.54, 1.807) is 36.5 Å². The molecule has 1 heterocycles. The molecule has 0 saturated heterocycles. The van der Waals surface area contributed by atoms with Gasteiger partial charge in [-0.25, -0.2) is 9.78 Å². The molecule has 4 N–H and O–H groups in total. The number of pyridine rings is 1. The van der Waals surface area contributed by atoms with Crippen LogP contribution >= 0.6 is 0 Å². The molecule has 1 aromatic carbocycles. The minimum Gasteiger partial charge on any atom is -0.478 e. The van der Waals surface area contributed by atoms with Crippen molar-refractivity contribution in [2.75, 3.05) is 11.1 Å². The third kappa shape index (κ3) is 2.72. The highest BCUT2D eigenvalue weighted by Gasteiger charge is 2.03. The lowest BCUT2D eigenvalue weighted by atomic mass is 10.2. The summed E-state index contributed by atoms with van der Waals surface area (Å²) >= 11 is 0. The SMILES string of the molecule is Nc1ccc(Nc2cccc(C(=O)O)c2)cn1. The van der Waals surface area contributed by atoms with Crippen molar-refractivity contribution in [2.45, 2.75) is 0 Å². The smallest absolute Gasteiger partial charge is 0.335 e. The number of nitrogens with one attached hydrogen (secondary N) is 1. The van der Waals surface area contributed by atoms with E-state index in [2.05, 4.69) is 10.3 Å². The van der Waals surface area contributed by atoms with Crippen LogP contribution in [0.15, 0.2) is 42.6 Å². The van der Waals surface area contributed by atoms with Gasteiger partial charge in [0.2, 0.25) is 0 Å². The Bertz CT molecular complexity index is 538. The normalized spacial score (nSPS) is 9.88. The number of hydrogen-bond donors (Lipinski definition) is 3. The van der Waals surface area contributed by atoms with Gasteiger partial charge in [-0.3, -0.25) is 0 Å². The van der Waals surface area contributed by atoms with E-state index in [4.69, 9.17) is 10.8 Å². The number of nitrogens with two attached hydrogens (primary N) is 1. The van der Waals surface area contributed by atoms with E-state index in [0.717, 1.165) is 5.69 Å². The molecule has 5 heteroatoms. The van der Waals surface area contributed by atoms with Crippen molar-refractivity contribution >= 4 is 23.2 Å². The van der Waals surface area contributed by atoms with Crippen LogP contribution < -0.4 is 11.1 Å². The highest BCUT2D eigenvalue weighted by Crippen LogP contribution is 2.17. The van der Waals surface area contributed by atoms with Gasteiger partial charge in [0.05, 0.1) is 17.4 Å². The number of rotatable bonds is 3. The Labute approximate surface area is 97.9 Å². The maximum Gasteiger partial charge on any atom is 0.335 e. The fourth-order valence-corrected chi connectivity index (χ4v) is 1.38. The largest absolute Gasteiger partial charge is 0.478 e. The molecule has 0 unspecified atom stereocenters. The Balaban J connectivity index is 2.21. The van der Waals surface area contributed by atoms with Gasteiger partial charge in [0.15, 0.2) is 0 Å². The van der Waals surface area contributed by atoms with Crippen molar-refractivity contribution < 1.29 is 9.90 Å². The van der Waals surface area contributed by atoms with Gasteiger partial charge in [-0.1, -0.05) is 6.07 Å². The second-order valence-corrected chi connectivity index (χ2v) is 3.48.